The summed E-state index contributed by atoms with van der Waals surface area (Å²) in [5.41, 5.74) is 8.15. The molecule has 0 fully saturated rings. The number of rotatable bonds is 4. The Labute approximate surface area is 296 Å². The Hall–Kier alpha value is -7.18. The molecular formula is C46H26N4O2. The number of hydrogen-bond acceptors (Lipinski definition) is 6. The SMILES string of the molecule is c1ccc2cc(-c3nc(-c4ccc(-c5cccc6oc7ccccc7c56)c5ccccc45)nc(-c4cccc5oc6cnccc6c45)n3)ccc2c1. The van der Waals surface area contributed by atoms with E-state index in [1.165, 1.54) is 0 Å². The highest BCUT2D eigenvalue weighted by molar-refractivity contribution is 6.16. The zero-order valence-corrected chi connectivity index (χ0v) is 27.6. The molecule has 0 N–H and O–H groups in total. The molecule has 0 unspecified atom stereocenters. The Morgan fingerprint density at radius 1 is 0.365 bits per heavy atom. The molecule has 0 aliphatic carbocycles. The van der Waals surface area contributed by atoms with Crippen LogP contribution in [0.5, 0.6) is 0 Å². The van der Waals surface area contributed by atoms with E-state index in [0.717, 1.165) is 93.2 Å². The van der Waals surface area contributed by atoms with Gasteiger partial charge in [-0.05, 0) is 69.1 Å². The maximum Gasteiger partial charge on any atom is 0.164 e. The van der Waals surface area contributed by atoms with Gasteiger partial charge in [0, 0.05) is 44.4 Å². The largest absolute Gasteiger partial charge is 0.456 e. The number of para-hydroxylation sites is 1. The number of furan rings is 2. The number of hydrogen-bond donors (Lipinski definition) is 0. The maximum absolute atomic E-state index is 6.27. The lowest BCUT2D eigenvalue weighted by Crippen LogP contribution is -2.01. The van der Waals surface area contributed by atoms with Gasteiger partial charge in [0.1, 0.15) is 16.7 Å². The lowest BCUT2D eigenvalue weighted by Gasteiger charge is -2.14. The Bertz CT molecular complexity index is 3210. The minimum atomic E-state index is 0.570. The molecule has 242 valence electrons. The van der Waals surface area contributed by atoms with Crippen LogP contribution in [0, 0.1) is 0 Å². The summed E-state index contributed by atoms with van der Waals surface area (Å²) in [5.74, 6) is 1.76. The van der Waals surface area contributed by atoms with Gasteiger partial charge in [-0.15, -0.1) is 0 Å². The maximum atomic E-state index is 6.27. The van der Waals surface area contributed by atoms with Gasteiger partial charge in [0.15, 0.2) is 23.1 Å². The minimum Gasteiger partial charge on any atom is -0.456 e. The second-order valence-corrected chi connectivity index (χ2v) is 13.0. The summed E-state index contributed by atoms with van der Waals surface area (Å²) in [6, 6.07) is 50.0. The lowest BCUT2D eigenvalue weighted by atomic mass is 9.92. The summed E-state index contributed by atoms with van der Waals surface area (Å²) in [6.07, 6.45) is 3.53. The summed E-state index contributed by atoms with van der Waals surface area (Å²) >= 11 is 0. The number of fused-ring (bicyclic) bond motifs is 8. The third-order valence-corrected chi connectivity index (χ3v) is 10.0. The van der Waals surface area contributed by atoms with Crippen molar-refractivity contribution in [2.24, 2.45) is 0 Å². The number of pyridine rings is 1. The van der Waals surface area contributed by atoms with Crippen LogP contribution in [0.25, 0.3) is 111 Å². The second kappa shape index (κ2) is 11.2. The van der Waals surface area contributed by atoms with Crippen LogP contribution in [0.4, 0.5) is 0 Å². The standard InChI is InChI=1S/C46H26N4O2/c1-2-10-28-25-29(20-19-27(28)9-1)44-48-45(50-46(49-44)37-15-8-18-40-43(37)36-23-24-47-26-41(36)52-40)34-22-21-32(30-11-3-4-12-31(30)34)33-14-7-17-39-42(33)35-13-5-6-16-38(35)51-39/h1-26H. The fourth-order valence-electron chi connectivity index (χ4n) is 7.67. The van der Waals surface area contributed by atoms with Crippen molar-refractivity contribution in [2.75, 3.05) is 0 Å². The van der Waals surface area contributed by atoms with E-state index in [1.807, 2.05) is 36.4 Å². The number of benzene rings is 7. The van der Waals surface area contributed by atoms with E-state index in [0.29, 0.717) is 17.5 Å². The van der Waals surface area contributed by atoms with Gasteiger partial charge in [0.2, 0.25) is 0 Å². The van der Waals surface area contributed by atoms with Crippen molar-refractivity contribution in [3.05, 3.63) is 158 Å². The zero-order valence-electron chi connectivity index (χ0n) is 27.6. The summed E-state index contributed by atoms with van der Waals surface area (Å²) in [4.78, 5) is 19.9. The monoisotopic (exact) mass is 666 g/mol. The Kier molecular flexibility index (Phi) is 6.15. The van der Waals surface area contributed by atoms with E-state index in [-0.39, 0.29) is 0 Å². The summed E-state index contributed by atoms with van der Waals surface area (Å²) in [5, 5.41) is 8.54. The van der Waals surface area contributed by atoms with Crippen LogP contribution < -0.4 is 0 Å². The first-order chi connectivity index (χ1) is 25.8. The topological polar surface area (TPSA) is 77.8 Å². The highest BCUT2D eigenvalue weighted by atomic mass is 16.3. The predicted octanol–water partition coefficient (Wildman–Crippen LogP) is 12.0. The summed E-state index contributed by atoms with van der Waals surface area (Å²) in [6.45, 7) is 0. The molecule has 11 rings (SSSR count). The quantitative estimate of drug-likeness (QED) is 0.186. The van der Waals surface area contributed by atoms with E-state index in [4.69, 9.17) is 23.8 Å². The van der Waals surface area contributed by atoms with Gasteiger partial charge in [0.05, 0.1) is 6.20 Å². The molecule has 0 atom stereocenters. The summed E-state index contributed by atoms with van der Waals surface area (Å²) < 4.78 is 12.5. The van der Waals surface area contributed by atoms with Gasteiger partial charge < -0.3 is 8.83 Å². The van der Waals surface area contributed by atoms with Crippen LogP contribution in [-0.2, 0) is 0 Å². The molecular weight excluding hydrogens is 641 g/mol. The molecule has 7 aromatic carbocycles. The molecule has 0 aliphatic heterocycles. The molecule has 0 bridgehead atoms. The Morgan fingerprint density at radius 3 is 1.81 bits per heavy atom. The normalized spacial score (nSPS) is 11.8. The minimum absolute atomic E-state index is 0.570. The molecule has 0 aliphatic rings. The molecule has 11 aromatic rings. The first kappa shape index (κ1) is 28.6. The molecule has 0 spiro atoms. The molecule has 52 heavy (non-hydrogen) atoms. The van der Waals surface area contributed by atoms with Crippen LogP contribution in [0.15, 0.2) is 167 Å². The van der Waals surface area contributed by atoms with Gasteiger partial charge in [-0.1, -0.05) is 109 Å². The highest BCUT2D eigenvalue weighted by Gasteiger charge is 2.21. The van der Waals surface area contributed by atoms with E-state index in [1.54, 1.807) is 12.4 Å². The van der Waals surface area contributed by atoms with Crippen LogP contribution in [0.2, 0.25) is 0 Å². The Morgan fingerprint density at radius 2 is 0.962 bits per heavy atom. The van der Waals surface area contributed by atoms with Crippen LogP contribution >= 0.6 is 0 Å². The van der Waals surface area contributed by atoms with Gasteiger partial charge in [-0.2, -0.15) is 0 Å². The lowest BCUT2D eigenvalue weighted by molar-refractivity contribution is 0.667. The fraction of sp³-hybridized carbons (Fsp3) is 0. The molecule has 0 saturated heterocycles. The van der Waals surface area contributed by atoms with Gasteiger partial charge in [0.25, 0.3) is 0 Å². The van der Waals surface area contributed by atoms with Crippen molar-refractivity contribution in [3.63, 3.8) is 0 Å². The van der Waals surface area contributed by atoms with E-state index in [9.17, 15) is 0 Å². The van der Waals surface area contributed by atoms with Crippen LogP contribution in [0.1, 0.15) is 0 Å². The van der Waals surface area contributed by atoms with Gasteiger partial charge in [-0.25, -0.2) is 15.0 Å². The van der Waals surface area contributed by atoms with Gasteiger partial charge in [-0.3, -0.25) is 4.98 Å². The average Bonchev–Trinajstić information content (AvgIpc) is 3.79. The zero-order chi connectivity index (χ0) is 34.2. The van der Waals surface area contributed by atoms with Crippen LogP contribution in [-0.4, -0.2) is 19.9 Å². The van der Waals surface area contributed by atoms with Crippen molar-refractivity contribution >= 4 is 65.4 Å². The van der Waals surface area contributed by atoms with E-state index in [2.05, 4.69) is 114 Å². The summed E-state index contributed by atoms with van der Waals surface area (Å²) in [7, 11) is 0. The predicted molar refractivity (Wildman–Crippen MR) is 209 cm³/mol. The van der Waals surface area contributed by atoms with Crippen molar-refractivity contribution in [1.29, 1.82) is 0 Å². The molecule has 6 nitrogen and oxygen atoms in total. The van der Waals surface area contributed by atoms with Crippen LogP contribution in [0.3, 0.4) is 0 Å². The van der Waals surface area contributed by atoms with Gasteiger partial charge >= 0.3 is 0 Å². The second-order valence-electron chi connectivity index (χ2n) is 13.0. The third kappa shape index (κ3) is 4.38. The number of nitrogens with zero attached hydrogens (tertiary/aromatic N) is 4. The van der Waals surface area contributed by atoms with E-state index < -0.39 is 0 Å². The smallest absolute Gasteiger partial charge is 0.164 e. The average molecular weight is 667 g/mol. The molecule has 4 aromatic heterocycles. The first-order valence-electron chi connectivity index (χ1n) is 17.2. The van der Waals surface area contributed by atoms with Crippen molar-refractivity contribution < 1.29 is 8.83 Å². The fourth-order valence-corrected chi connectivity index (χ4v) is 7.67. The number of aromatic nitrogens is 4. The molecule has 0 saturated carbocycles. The molecule has 6 heteroatoms. The third-order valence-electron chi connectivity index (χ3n) is 10.0. The van der Waals surface area contributed by atoms with Crippen molar-refractivity contribution in [1.82, 2.24) is 19.9 Å². The van der Waals surface area contributed by atoms with Crippen molar-refractivity contribution in [2.45, 2.75) is 0 Å². The Balaban J connectivity index is 1.17. The molecule has 0 amide bonds. The molecule has 0 radical (unpaired) electrons. The van der Waals surface area contributed by atoms with Crippen molar-refractivity contribution in [3.8, 4) is 45.3 Å². The highest BCUT2D eigenvalue weighted by Crippen LogP contribution is 2.42. The van der Waals surface area contributed by atoms with E-state index >= 15 is 0 Å². The first-order valence-corrected chi connectivity index (χ1v) is 17.2. The molecule has 4 heterocycles.